The number of amides is 1. The Bertz CT molecular complexity index is 656. The van der Waals surface area contributed by atoms with E-state index in [0.717, 1.165) is 38.3 Å². The lowest BCUT2D eigenvalue weighted by molar-refractivity contribution is -0.138. The summed E-state index contributed by atoms with van der Waals surface area (Å²) >= 11 is 0. The summed E-state index contributed by atoms with van der Waals surface area (Å²) in [5.74, 6) is 0.107. The molecule has 2 aliphatic rings. The third kappa shape index (κ3) is 9.87. The van der Waals surface area contributed by atoms with Gasteiger partial charge in [0, 0.05) is 19.5 Å². The SMILES string of the molecule is CCCCS(=O)(=O)N[C@H](CCC(=O)O)C(=O)N1CCC(CCCC2CCNCC2)CC1. The van der Waals surface area contributed by atoms with Crippen LogP contribution < -0.4 is 10.0 Å². The predicted molar refractivity (Wildman–Crippen MR) is 121 cm³/mol. The first-order valence-electron chi connectivity index (χ1n) is 12.0. The van der Waals surface area contributed by atoms with E-state index in [0.29, 0.717) is 25.4 Å². The van der Waals surface area contributed by atoms with Gasteiger partial charge in [0.25, 0.3) is 0 Å². The van der Waals surface area contributed by atoms with E-state index in [-0.39, 0.29) is 24.5 Å². The Morgan fingerprint density at radius 3 is 2.26 bits per heavy atom. The van der Waals surface area contributed by atoms with Gasteiger partial charge in [-0.3, -0.25) is 9.59 Å². The Balaban J connectivity index is 1.80. The molecule has 2 aliphatic heterocycles. The summed E-state index contributed by atoms with van der Waals surface area (Å²) in [6, 6.07) is -0.991. The maximum Gasteiger partial charge on any atom is 0.303 e. The Labute approximate surface area is 187 Å². The second-order valence-corrected chi connectivity index (χ2v) is 11.0. The number of carboxylic acid groups (broad SMARTS) is 1. The smallest absolute Gasteiger partial charge is 0.303 e. The third-order valence-corrected chi connectivity index (χ3v) is 8.11. The number of carbonyl (C=O) groups excluding carboxylic acids is 1. The van der Waals surface area contributed by atoms with E-state index >= 15 is 0 Å². The van der Waals surface area contributed by atoms with Crippen LogP contribution in [0.5, 0.6) is 0 Å². The molecule has 0 unspecified atom stereocenters. The molecule has 9 heteroatoms. The molecule has 0 aromatic heterocycles. The number of hydrogen-bond donors (Lipinski definition) is 3. The summed E-state index contributed by atoms with van der Waals surface area (Å²) in [7, 11) is -3.60. The van der Waals surface area contributed by atoms with Crippen molar-refractivity contribution >= 4 is 21.9 Å². The van der Waals surface area contributed by atoms with Crippen molar-refractivity contribution in [2.75, 3.05) is 31.9 Å². The number of rotatable bonds is 13. The Morgan fingerprint density at radius 2 is 1.68 bits per heavy atom. The van der Waals surface area contributed by atoms with E-state index in [9.17, 15) is 18.0 Å². The molecule has 8 nitrogen and oxygen atoms in total. The molecule has 0 radical (unpaired) electrons. The summed E-state index contributed by atoms with van der Waals surface area (Å²) in [5, 5.41) is 12.4. The van der Waals surface area contributed by atoms with Crippen molar-refractivity contribution in [2.24, 2.45) is 11.8 Å². The number of unbranched alkanes of at least 4 members (excludes halogenated alkanes) is 1. The molecule has 0 aromatic carbocycles. The topological polar surface area (TPSA) is 116 Å². The molecule has 3 N–H and O–H groups in total. The molecule has 31 heavy (non-hydrogen) atoms. The van der Waals surface area contributed by atoms with Crippen molar-refractivity contribution in [3.63, 3.8) is 0 Å². The van der Waals surface area contributed by atoms with Gasteiger partial charge < -0.3 is 15.3 Å². The summed E-state index contributed by atoms with van der Waals surface area (Å²) in [4.78, 5) is 25.7. The minimum Gasteiger partial charge on any atom is -0.481 e. The fourth-order valence-corrected chi connectivity index (χ4v) is 6.08. The fourth-order valence-electron chi connectivity index (χ4n) is 4.64. The van der Waals surface area contributed by atoms with Crippen LogP contribution in [0.2, 0.25) is 0 Å². The molecule has 2 saturated heterocycles. The van der Waals surface area contributed by atoms with Crippen LogP contribution in [0.4, 0.5) is 0 Å². The molecule has 2 fully saturated rings. The van der Waals surface area contributed by atoms with Crippen LogP contribution >= 0.6 is 0 Å². The molecule has 1 amide bonds. The van der Waals surface area contributed by atoms with Gasteiger partial charge in [-0.05, 0) is 63.5 Å². The van der Waals surface area contributed by atoms with Gasteiger partial charge in [0.2, 0.25) is 15.9 Å². The first-order valence-corrected chi connectivity index (χ1v) is 13.7. The minimum atomic E-state index is -3.60. The van der Waals surface area contributed by atoms with Gasteiger partial charge in [0.15, 0.2) is 0 Å². The lowest BCUT2D eigenvalue weighted by atomic mass is 9.87. The minimum absolute atomic E-state index is 0.0182. The van der Waals surface area contributed by atoms with Gasteiger partial charge in [-0.2, -0.15) is 0 Å². The van der Waals surface area contributed by atoms with E-state index in [1.54, 1.807) is 4.90 Å². The van der Waals surface area contributed by atoms with Crippen LogP contribution in [0, 0.1) is 11.8 Å². The Kier molecular flexibility index (Phi) is 11.2. The Hall–Kier alpha value is -1.19. The van der Waals surface area contributed by atoms with Gasteiger partial charge in [-0.25, -0.2) is 13.1 Å². The van der Waals surface area contributed by atoms with Crippen molar-refractivity contribution in [3.05, 3.63) is 0 Å². The molecule has 0 bridgehead atoms. The zero-order valence-corrected chi connectivity index (χ0v) is 19.8. The standard InChI is InChI=1S/C22H41N3O5S/c1-2-3-17-31(29,30)24-20(7-8-21(26)27)22(28)25-15-11-19(12-16-25)6-4-5-18-9-13-23-14-10-18/h18-20,23-24H,2-17H2,1H3,(H,26,27)/t20-/m1/s1. The second-order valence-electron chi connectivity index (χ2n) is 9.17. The monoisotopic (exact) mass is 459 g/mol. The maximum atomic E-state index is 13.0. The quantitative estimate of drug-likeness (QED) is 0.389. The number of piperidine rings is 2. The number of carboxylic acids is 1. The predicted octanol–water partition coefficient (Wildman–Crippen LogP) is 2.35. The number of hydrogen-bond acceptors (Lipinski definition) is 5. The van der Waals surface area contributed by atoms with Crippen molar-refractivity contribution in [2.45, 2.75) is 83.6 Å². The highest BCUT2D eigenvalue weighted by molar-refractivity contribution is 7.89. The van der Waals surface area contributed by atoms with E-state index in [4.69, 9.17) is 5.11 Å². The van der Waals surface area contributed by atoms with E-state index in [1.807, 2.05) is 6.92 Å². The lowest BCUT2D eigenvalue weighted by Crippen LogP contribution is -2.51. The number of nitrogens with one attached hydrogen (secondary N) is 2. The number of carbonyl (C=O) groups is 2. The molecule has 0 aromatic rings. The zero-order valence-electron chi connectivity index (χ0n) is 19.0. The fraction of sp³-hybridized carbons (Fsp3) is 0.909. The molecule has 0 aliphatic carbocycles. The average Bonchev–Trinajstić information content (AvgIpc) is 2.76. The summed E-state index contributed by atoms with van der Waals surface area (Å²) in [6.07, 6.45) is 9.14. The van der Waals surface area contributed by atoms with Crippen LogP contribution in [0.1, 0.15) is 77.6 Å². The van der Waals surface area contributed by atoms with Crippen LogP contribution in [0.15, 0.2) is 0 Å². The highest BCUT2D eigenvalue weighted by Gasteiger charge is 2.31. The first kappa shape index (κ1) is 26.1. The van der Waals surface area contributed by atoms with E-state index < -0.39 is 22.0 Å². The summed E-state index contributed by atoms with van der Waals surface area (Å²) in [6.45, 7) is 5.42. The van der Waals surface area contributed by atoms with Crippen LogP contribution in [-0.2, 0) is 19.6 Å². The van der Waals surface area contributed by atoms with Gasteiger partial charge in [0.05, 0.1) is 5.75 Å². The zero-order chi connectivity index (χ0) is 22.7. The number of aliphatic carboxylic acids is 1. The molecule has 180 valence electrons. The van der Waals surface area contributed by atoms with Crippen LogP contribution in [0.25, 0.3) is 0 Å². The Morgan fingerprint density at radius 1 is 1.06 bits per heavy atom. The highest BCUT2D eigenvalue weighted by Crippen LogP contribution is 2.26. The molecule has 1 atom stereocenters. The summed E-state index contributed by atoms with van der Waals surface area (Å²) in [5.41, 5.74) is 0. The first-order chi connectivity index (χ1) is 14.8. The number of likely N-dealkylation sites (tertiary alicyclic amines) is 1. The van der Waals surface area contributed by atoms with E-state index in [2.05, 4.69) is 10.0 Å². The summed E-state index contributed by atoms with van der Waals surface area (Å²) < 4.78 is 27.1. The molecule has 2 rings (SSSR count). The van der Waals surface area contributed by atoms with Gasteiger partial charge in [0.1, 0.15) is 6.04 Å². The lowest BCUT2D eigenvalue weighted by Gasteiger charge is -2.34. The number of nitrogens with zero attached hydrogens (tertiary/aromatic N) is 1. The second kappa shape index (κ2) is 13.4. The molecular formula is C22H41N3O5S. The largest absolute Gasteiger partial charge is 0.481 e. The number of sulfonamides is 1. The maximum absolute atomic E-state index is 13.0. The average molecular weight is 460 g/mol. The molecular weight excluding hydrogens is 418 g/mol. The normalized spacial score (nSPS) is 20.0. The van der Waals surface area contributed by atoms with Crippen molar-refractivity contribution in [1.29, 1.82) is 0 Å². The van der Waals surface area contributed by atoms with Crippen LogP contribution in [-0.4, -0.2) is 68.3 Å². The van der Waals surface area contributed by atoms with Gasteiger partial charge >= 0.3 is 5.97 Å². The molecule has 0 saturated carbocycles. The van der Waals surface area contributed by atoms with Gasteiger partial charge in [-0.1, -0.05) is 32.6 Å². The molecule has 2 heterocycles. The van der Waals surface area contributed by atoms with Crippen LogP contribution in [0.3, 0.4) is 0 Å². The van der Waals surface area contributed by atoms with Crippen molar-refractivity contribution in [1.82, 2.24) is 14.9 Å². The van der Waals surface area contributed by atoms with Crippen molar-refractivity contribution < 1.29 is 23.1 Å². The third-order valence-electron chi connectivity index (χ3n) is 6.64. The van der Waals surface area contributed by atoms with Gasteiger partial charge in [-0.15, -0.1) is 0 Å². The van der Waals surface area contributed by atoms with Crippen molar-refractivity contribution in [3.8, 4) is 0 Å². The van der Waals surface area contributed by atoms with E-state index in [1.165, 1.54) is 32.1 Å². The molecule has 0 spiro atoms. The highest BCUT2D eigenvalue weighted by atomic mass is 32.2.